The number of hydrogen-bond acceptors (Lipinski definition) is 2. The Morgan fingerprint density at radius 3 is 1.26 bits per heavy atom. The van der Waals surface area contributed by atoms with Gasteiger partial charge in [0.2, 0.25) is 0 Å². The normalized spacial score (nSPS) is 11.2. The van der Waals surface area contributed by atoms with Crippen molar-refractivity contribution in [1.82, 2.24) is 0 Å². The van der Waals surface area contributed by atoms with Crippen molar-refractivity contribution in [2.45, 2.75) is 26.7 Å². The molecule has 10 aromatic rings. The molecule has 0 saturated carbocycles. The summed E-state index contributed by atoms with van der Waals surface area (Å²) >= 11 is 0. The second-order valence-electron chi connectivity index (χ2n) is 13.5. The molecule has 0 fully saturated rings. The molecule has 3 heteroatoms. The molecule has 2 aromatic heterocycles. The summed E-state index contributed by atoms with van der Waals surface area (Å²) in [6, 6.07) is 60.6. The van der Waals surface area contributed by atoms with Crippen LogP contribution in [-0.2, 0) is 39.0 Å². The first-order chi connectivity index (χ1) is 25.6. The molecule has 0 bridgehead atoms. The molecule has 0 aliphatic rings. The van der Waals surface area contributed by atoms with Crippen molar-refractivity contribution in [1.29, 1.82) is 0 Å². The molecular formula is C50H38O2Zr. The third-order valence-corrected chi connectivity index (χ3v) is 10.2. The predicted molar refractivity (Wildman–Crippen MR) is 219 cm³/mol. The van der Waals surface area contributed by atoms with Gasteiger partial charge in [0.25, 0.3) is 0 Å². The van der Waals surface area contributed by atoms with E-state index in [0.29, 0.717) is 0 Å². The van der Waals surface area contributed by atoms with Crippen LogP contribution in [0, 0.1) is 0 Å². The Hall–Kier alpha value is -5.50. The number of hydrogen-bond donors (Lipinski definition) is 0. The van der Waals surface area contributed by atoms with E-state index in [9.17, 15) is 0 Å². The van der Waals surface area contributed by atoms with Crippen molar-refractivity contribution in [3.05, 3.63) is 181 Å². The number of aryl methyl sites for hydroxylation is 2. The first kappa shape index (κ1) is 34.6. The SMILES string of the molecule is CCc1ccc(-c2cc3c(-c4ccc5ccccc5c4)cccc3[cH-]2)o1.CCc1ccc(-c2cc3c(-c4ccc5ccccc5c4)cccc3[cH-]2)o1.[Zr+2]. The van der Waals surface area contributed by atoms with Crippen LogP contribution in [0.15, 0.2) is 179 Å². The fourth-order valence-corrected chi connectivity index (χ4v) is 7.42. The van der Waals surface area contributed by atoms with Crippen LogP contribution in [0.25, 0.3) is 88.0 Å². The van der Waals surface area contributed by atoms with Gasteiger partial charge in [0.05, 0.1) is 23.0 Å². The molecule has 254 valence electrons. The van der Waals surface area contributed by atoms with Crippen molar-refractivity contribution in [2.24, 2.45) is 0 Å². The van der Waals surface area contributed by atoms with Gasteiger partial charge in [0.1, 0.15) is 0 Å². The van der Waals surface area contributed by atoms with E-state index in [-0.39, 0.29) is 26.2 Å². The number of fused-ring (bicyclic) bond motifs is 4. The average molecular weight is 762 g/mol. The molecule has 0 saturated heterocycles. The molecule has 0 N–H and O–H groups in total. The third kappa shape index (κ3) is 6.79. The largest absolute Gasteiger partial charge is 2.00 e. The standard InChI is InChI=1S/2C25H19O.Zr/c2*1-2-22-12-13-25(26-22)21-15-19-8-5-9-23(24(19)16-21)20-11-10-17-6-3-4-7-18(17)14-20;/h2*3-16H,2H2,1H3;/q2*-1;+2. The summed E-state index contributed by atoms with van der Waals surface area (Å²) in [5.41, 5.74) is 7.32. The van der Waals surface area contributed by atoms with Crippen LogP contribution in [0.3, 0.4) is 0 Å². The molecule has 0 amide bonds. The Morgan fingerprint density at radius 1 is 0.415 bits per heavy atom. The molecule has 2 nitrogen and oxygen atoms in total. The Bertz CT molecular complexity index is 2640. The monoisotopic (exact) mass is 760 g/mol. The minimum Gasteiger partial charge on any atom is -0.496 e. The first-order valence-electron chi connectivity index (χ1n) is 18.2. The van der Waals surface area contributed by atoms with Crippen molar-refractivity contribution in [3.8, 4) is 44.9 Å². The second kappa shape index (κ2) is 14.9. The van der Waals surface area contributed by atoms with Gasteiger partial charge >= 0.3 is 26.2 Å². The van der Waals surface area contributed by atoms with Gasteiger partial charge in [-0.05, 0) is 69.1 Å². The summed E-state index contributed by atoms with van der Waals surface area (Å²) in [6.45, 7) is 4.23. The minimum absolute atomic E-state index is 0. The van der Waals surface area contributed by atoms with E-state index in [1.807, 2.05) is 0 Å². The molecule has 0 aliphatic carbocycles. The minimum atomic E-state index is 0. The third-order valence-electron chi connectivity index (χ3n) is 10.2. The van der Waals surface area contributed by atoms with Gasteiger partial charge in [-0.3, -0.25) is 0 Å². The van der Waals surface area contributed by atoms with Gasteiger partial charge in [0, 0.05) is 12.8 Å². The summed E-state index contributed by atoms with van der Waals surface area (Å²) in [7, 11) is 0. The molecule has 0 unspecified atom stereocenters. The van der Waals surface area contributed by atoms with Crippen molar-refractivity contribution >= 4 is 43.1 Å². The summed E-state index contributed by atoms with van der Waals surface area (Å²) in [4.78, 5) is 0. The molecule has 0 spiro atoms. The smallest absolute Gasteiger partial charge is 0.496 e. The zero-order valence-corrected chi connectivity index (χ0v) is 32.4. The zero-order valence-electron chi connectivity index (χ0n) is 29.9. The average Bonchev–Trinajstić information content (AvgIpc) is 4.03. The molecule has 8 aromatic carbocycles. The first-order valence-corrected chi connectivity index (χ1v) is 18.2. The van der Waals surface area contributed by atoms with Gasteiger partial charge in [-0.2, -0.15) is 0 Å². The maximum absolute atomic E-state index is 5.95. The van der Waals surface area contributed by atoms with Gasteiger partial charge < -0.3 is 8.83 Å². The van der Waals surface area contributed by atoms with Crippen LogP contribution < -0.4 is 0 Å². The summed E-state index contributed by atoms with van der Waals surface area (Å²) in [5.74, 6) is 3.95. The van der Waals surface area contributed by atoms with E-state index in [4.69, 9.17) is 8.83 Å². The topological polar surface area (TPSA) is 26.3 Å². The van der Waals surface area contributed by atoms with E-state index >= 15 is 0 Å². The van der Waals surface area contributed by atoms with E-state index in [0.717, 1.165) is 47.0 Å². The second-order valence-corrected chi connectivity index (χ2v) is 13.5. The maximum atomic E-state index is 5.95. The Labute approximate surface area is 329 Å². The molecule has 0 aliphatic heterocycles. The van der Waals surface area contributed by atoms with Crippen LogP contribution in [-0.4, -0.2) is 0 Å². The van der Waals surface area contributed by atoms with Crippen LogP contribution in [0.5, 0.6) is 0 Å². The Kier molecular flexibility index (Phi) is 9.69. The molecule has 10 rings (SSSR count). The summed E-state index contributed by atoms with van der Waals surface area (Å²) in [6.07, 6.45) is 1.84. The predicted octanol–water partition coefficient (Wildman–Crippen LogP) is 14.4. The van der Waals surface area contributed by atoms with Crippen molar-refractivity contribution in [3.63, 3.8) is 0 Å². The Balaban J connectivity index is 0.000000148. The Morgan fingerprint density at radius 2 is 0.849 bits per heavy atom. The van der Waals surface area contributed by atoms with Crippen LogP contribution in [0.4, 0.5) is 0 Å². The number of benzene rings is 6. The van der Waals surface area contributed by atoms with E-state index in [2.05, 4.69) is 184 Å². The van der Waals surface area contributed by atoms with Gasteiger partial charge in [0.15, 0.2) is 0 Å². The molecule has 53 heavy (non-hydrogen) atoms. The number of furan rings is 2. The van der Waals surface area contributed by atoms with Gasteiger partial charge in [-0.15, -0.1) is 57.9 Å². The van der Waals surface area contributed by atoms with E-state index < -0.39 is 0 Å². The van der Waals surface area contributed by atoms with Crippen LogP contribution in [0.2, 0.25) is 0 Å². The van der Waals surface area contributed by atoms with Crippen LogP contribution in [0.1, 0.15) is 25.4 Å². The van der Waals surface area contributed by atoms with E-state index in [1.165, 1.54) is 65.3 Å². The number of rotatable bonds is 6. The van der Waals surface area contributed by atoms with Crippen LogP contribution >= 0.6 is 0 Å². The van der Waals surface area contributed by atoms with Crippen molar-refractivity contribution < 1.29 is 35.0 Å². The summed E-state index contributed by atoms with van der Waals surface area (Å²) in [5, 5.41) is 10.1. The molecule has 0 atom stereocenters. The fourth-order valence-electron chi connectivity index (χ4n) is 7.42. The molecular weight excluding hydrogens is 724 g/mol. The van der Waals surface area contributed by atoms with Gasteiger partial charge in [-0.1, -0.05) is 133 Å². The van der Waals surface area contributed by atoms with E-state index in [1.54, 1.807) is 0 Å². The zero-order chi connectivity index (χ0) is 35.0. The maximum Gasteiger partial charge on any atom is 2.00 e. The summed E-state index contributed by atoms with van der Waals surface area (Å²) < 4.78 is 11.9. The molecule has 2 heterocycles. The molecule has 0 radical (unpaired) electrons. The van der Waals surface area contributed by atoms with Gasteiger partial charge in [-0.25, -0.2) is 0 Å². The quantitative estimate of drug-likeness (QED) is 0.158. The van der Waals surface area contributed by atoms with Crippen molar-refractivity contribution in [2.75, 3.05) is 0 Å². The fraction of sp³-hybridized carbons (Fsp3) is 0.0800.